The topological polar surface area (TPSA) is 22.1 Å². The van der Waals surface area contributed by atoms with E-state index in [1.807, 2.05) is 27.7 Å². The molecule has 0 atom stereocenters. The Balaban J connectivity index is 0. The third-order valence-corrected chi connectivity index (χ3v) is 1.34. The Morgan fingerprint density at radius 1 is 1.12 bits per heavy atom. The van der Waals surface area contributed by atoms with Crippen molar-refractivity contribution < 1.29 is 17.9 Å². The lowest BCUT2D eigenvalue weighted by atomic mass is 10.3. The zero-order valence-electron chi connectivity index (χ0n) is 10.9. The Morgan fingerprint density at radius 2 is 1.65 bits per heavy atom. The van der Waals surface area contributed by atoms with E-state index in [0.717, 1.165) is 12.3 Å². The van der Waals surface area contributed by atoms with Crippen molar-refractivity contribution in [1.29, 1.82) is 0 Å². The molecule has 0 aliphatic rings. The van der Waals surface area contributed by atoms with Gasteiger partial charge in [-0.1, -0.05) is 27.7 Å². The summed E-state index contributed by atoms with van der Waals surface area (Å²) in [4.78, 5) is 3.22. The molecule has 0 aromatic carbocycles. The van der Waals surface area contributed by atoms with Crippen LogP contribution in [0.15, 0.2) is 18.3 Å². The minimum atomic E-state index is -4.38. The van der Waals surface area contributed by atoms with Gasteiger partial charge in [-0.15, -0.1) is 0 Å². The first kappa shape index (κ1) is 18.1. The molecule has 0 unspecified atom stereocenters. The van der Waals surface area contributed by atoms with Gasteiger partial charge in [0.25, 0.3) is 0 Å². The van der Waals surface area contributed by atoms with Gasteiger partial charge in [0.05, 0.1) is 12.8 Å². The van der Waals surface area contributed by atoms with Crippen LogP contribution in [0.1, 0.15) is 40.3 Å². The fourth-order valence-electron chi connectivity index (χ4n) is 0.800. The van der Waals surface area contributed by atoms with Gasteiger partial charge in [0, 0.05) is 0 Å². The van der Waals surface area contributed by atoms with Crippen molar-refractivity contribution in [2.45, 2.75) is 40.8 Å². The van der Waals surface area contributed by atoms with Gasteiger partial charge >= 0.3 is 6.18 Å². The number of ether oxygens (including phenoxy) is 1. The molecule has 0 amide bonds. The maximum absolute atomic E-state index is 12.0. The molecule has 0 N–H and O–H groups in total. The van der Waals surface area contributed by atoms with Gasteiger partial charge in [-0.05, 0) is 19.1 Å². The number of pyridine rings is 1. The number of halogens is 3. The van der Waals surface area contributed by atoms with Crippen LogP contribution in [0.2, 0.25) is 0 Å². The summed E-state index contributed by atoms with van der Waals surface area (Å²) in [5, 5.41) is 0. The molecule has 0 spiro atoms. The molecule has 0 saturated carbocycles. The second kappa shape index (κ2) is 9.93. The molecule has 17 heavy (non-hydrogen) atoms. The van der Waals surface area contributed by atoms with Crippen molar-refractivity contribution in [2.24, 2.45) is 0 Å². The molecular formula is C12H20F3NO. The quantitative estimate of drug-likeness (QED) is 0.769. The molecule has 0 aliphatic heterocycles. The van der Waals surface area contributed by atoms with E-state index in [9.17, 15) is 13.2 Å². The summed E-state index contributed by atoms with van der Waals surface area (Å²) >= 11 is 0. The minimum Gasteiger partial charge on any atom is -0.492 e. The lowest BCUT2D eigenvalue weighted by Crippen LogP contribution is -2.07. The smallest absolute Gasteiger partial charge is 0.433 e. The highest BCUT2D eigenvalue weighted by molar-refractivity contribution is 5.21. The summed E-state index contributed by atoms with van der Waals surface area (Å²) in [6.07, 6.45) is -3.32. The second-order valence-electron chi connectivity index (χ2n) is 2.31. The van der Waals surface area contributed by atoms with Gasteiger partial charge in [0.15, 0.2) is 0 Å². The number of hydrogen-bond acceptors (Lipinski definition) is 2. The van der Waals surface area contributed by atoms with Crippen molar-refractivity contribution in [2.75, 3.05) is 6.61 Å². The standard InChI is InChI=1S/C8H8F3NO.2C2H6/c1-2-13-6-3-4-7(12-5-6)8(9,10)11;2*1-2/h3-5H,2H2,1H3;2*1-2H3. The van der Waals surface area contributed by atoms with Crippen LogP contribution in [-0.2, 0) is 6.18 Å². The minimum absolute atomic E-state index is 0.343. The molecule has 1 aromatic heterocycles. The molecule has 0 aliphatic carbocycles. The zero-order valence-corrected chi connectivity index (χ0v) is 10.9. The predicted molar refractivity (Wildman–Crippen MR) is 63.1 cm³/mol. The van der Waals surface area contributed by atoms with Crippen LogP contribution in [0.25, 0.3) is 0 Å². The number of rotatable bonds is 2. The first-order valence-corrected chi connectivity index (χ1v) is 5.70. The molecule has 1 rings (SSSR count). The average Bonchev–Trinajstić information content (AvgIpc) is 2.34. The van der Waals surface area contributed by atoms with E-state index in [1.54, 1.807) is 6.92 Å². The monoisotopic (exact) mass is 251 g/mol. The van der Waals surface area contributed by atoms with Gasteiger partial charge in [-0.3, -0.25) is 0 Å². The maximum Gasteiger partial charge on any atom is 0.433 e. The average molecular weight is 251 g/mol. The molecule has 0 saturated heterocycles. The fourth-order valence-corrected chi connectivity index (χ4v) is 0.800. The van der Waals surface area contributed by atoms with Gasteiger partial charge in [-0.2, -0.15) is 13.2 Å². The molecule has 0 bridgehead atoms. The summed E-state index contributed by atoms with van der Waals surface area (Å²) in [5.74, 6) is 0.343. The van der Waals surface area contributed by atoms with E-state index in [1.165, 1.54) is 6.07 Å². The highest BCUT2D eigenvalue weighted by Crippen LogP contribution is 2.28. The van der Waals surface area contributed by atoms with Crippen LogP contribution in [0, 0.1) is 0 Å². The Kier molecular flexibility index (Phi) is 10.6. The van der Waals surface area contributed by atoms with Crippen molar-refractivity contribution in [3.8, 4) is 5.75 Å². The summed E-state index contributed by atoms with van der Waals surface area (Å²) in [7, 11) is 0. The van der Waals surface area contributed by atoms with Gasteiger partial charge in [0.1, 0.15) is 11.4 Å². The normalized spacial score (nSPS) is 9.41. The maximum atomic E-state index is 12.0. The highest BCUT2D eigenvalue weighted by atomic mass is 19.4. The molecule has 0 radical (unpaired) electrons. The van der Waals surface area contributed by atoms with Crippen LogP contribution < -0.4 is 4.74 Å². The molecule has 2 nitrogen and oxygen atoms in total. The van der Waals surface area contributed by atoms with E-state index in [4.69, 9.17) is 4.74 Å². The van der Waals surface area contributed by atoms with Crippen LogP contribution in [0.4, 0.5) is 13.2 Å². The SMILES string of the molecule is CC.CC.CCOc1ccc(C(F)(F)F)nc1. The number of aromatic nitrogens is 1. The van der Waals surface area contributed by atoms with Gasteiger partial charge < -0.3 is 4.74 Å². The van der Waals surface area contributed by atoms with Crippen molar-refractivity contribution in [3.63, 3.8) is 0 Å². The van der Waals surface area contributed by atoms with E-state index >= 15 is 0 Å². The number of hydrogen-bond donors (Lipinski definition) is 0. The number of alkyl halides is 3. The second-order valence-corrected chi connectivity index (χ2v) is 2.31. The summed E-state index contributed by atoms with van der Waals surface area (Å²) < 4.78 is 40.9. The van der Waals surface area contributed by atoms with Crippen LogP contribution in [0.3, 0.4) is 0 Å². The fraction of sp³-hybridized carbons (Fsp3) is 0.583. The zero-order chi connectivity index (χ0) is 13.9. The lowest BCUT2D eigenvalue weighted by Gasteiger charge is -2.06. The third-order valence-electron chi connectivity index (χ3n) is 1.34. The largest absolute Gasteiger partial charge is 0.492 e. The van der Waals surface area contributed by atoms with Crippen LogP contribution in [-0.4, -0.2) is 11.6 Å². The van der Waals surface area contributed by atoms with E-state index < -0.39 is 11.9 Å². The first-order chi connectivity index (χ1) is 8.04. The highest BCUT2D eigenvalue weighted by Gasteiger charge is 2.32. The third kappa shape index (κ3) is 7.60. The number of nitrogens with zero attached hydrogens (tertiary/aromatic N) is 1. The summed E-state index contributed by atoms with van der Waals surface area (Å²) in [5.41, 5.74) is -0.907. The summed E-state index contributed by atoms with van der Waals surface area (Å²) in [6.45, 7) is 10.2. The van der Waals surface area contributed by atoms with Crippen molar-refractivity contribution in [3.05, 3.63) is 24.0 Å². The Morgan fingerprint density at radius 3 is 1.94 bits per heavy atom. The van der Waals surface area contributed by atoms with Crippen LogP contribution in [0.5, 0.6) is 5.75 Å². The van der Waals surface area contributed by atoms with E-state index in [-0.39, 0.29) is 0 Å². The predicted octanol–water partition coefficient (Wildman–Crippen LogP) is 4.55. The molecule has 1 aromatic rings. The lowest BCUT2D eigenvalue weighted by molar-refractivity contribution is -0.141. The molecule has 1 heterocycles. The molecule has 0 fully saturated rings. The Labute approximate surface area is 101 Å². The van der Waals surface area contributed by atoms with E-state index in [2.05, 4.69) is 4.98 Å². The molecular weight excluding hydrogens is 231 g/mol. The van der Waals surface area contributed by atoms with Crippen molar-refractivity contribution >= 4 is 0 Å². The Hall–Kier alpha value is -1.26. The Bertz CT molecular complexity index is 270. The van der Waals surface area contributed by atoms with Crippen molar-refractivity contribution in [1.82, 2.24) is 4.98 Å². The molecule has 5 heteroatoms. The first-order valence-electron chi connectivity index (χ1n) is 5.70. The van der Waals surface area contributed by atoms with Gasteiger partial charge in [0.2, 0.25) is 0 Å². The van der Waals surface area contributed by atoms with E-state index in [0.29, 0.717) is 12.4 Å². The van der Waals surface area contributed by atoms with Crippen LogP contribution >= 0.6 is 0 Å². The molecule has 100 valence electrons. The van der Waals surface area contributed by atoms with Gasteiger partial charge in [-0.25, -0.2) is 4.98 Å². The summed E-state index contributed by atoms with van der Waals surface area (Å²) in [6, 6.07) is 2.14.